The molecule has 152 valence electrons. The number of benzene rings is 1. The third-order valence-corrected chi connectivity index (χ3v) is 7.22. The van der Waals surface area contributed by atoms with Crippen LogP contribution in [0.5, 0.6) is 0 Å². The van der Waals surface area contributed by atoms with E-state index in [1.807, 2.05) is 19.1 Å². The number of aryl methyl sites for hydroxylation is 3. The molecule has 29 heavy (non-hydrogen) atoms. The maximum absolute atomic E-state index is 14.9. The van der Waals surface area contributed by atoms with Gasteiger partial charge in [0.2, 0.25) is 0 Å². The standard InChI is InChI=1S/C24H26FNO2S/c1-14(24(27)28)8-7-11-16-15(2)26-23-22(18-10-4-6-13-20(18)29-23)21(16)17-9-3-5-12-19(17)25/h3,5,9,12,14H,4,6-8,10-11,13H2,1-2H3,(H,27,28). The molecule has 0 spiro atoms. The number of rotatable bonds is 6. The maximum Gasteiger partial charge on any atom is 0.306 e. The van der Waals surface area contributed by atoms with Gasteiger partial charge in [-0.15, -0.1) is 11.3 Å². The minimum absolute atomic E-state index is 0.213. The fourth-order valence-electron chi connectivity index (χ4n) is 4.42. The lowest BCUT2D eigenvalue weighted by molar-refractivity contribution is -0.141. The van der Waals surface area contributed by atoms with Gasteiger partial charge in [0.1, 0.15) is 10.6 Å². The Kier molecular flexibility index (Phi) is 5.68. The normalized spacial score (nSPS) is 14.7. The van der Waals surface area contributed by atoms with E-state index < -0.39 is 5.97 Å². The first-order chi connectivity index (χ1) is 14.0. The first-order valence-corrected chi connectivity index (χ1v) is 11.2. The minimum Gasteiger partial charge on any atom is -0.481 e. The zero-order valence-electron chi connectivity index (χ0n) is 16.9. The van der Waals surface area contributed by atoms with Crippen molar-refractivity contribution in [2.45, 2.75) is 58.8 Å². The van der Waals surface area contributed by atoms with Gasteiger partial charge in [0, 0.05) is 27.1 Å². The van der Waals surface area contributed by atoms with E-state index in [4.69, 9.17) is 4.98 Å². The molecule has 3 nitrogen and oxygen atoms in total. The minimum atomic E-state index is -0.767. The van der Waals surface area contributed by atoms with Crippen molar-refractivity contribution in [3.63, 3.8) is 0 Å². The summed E-state index contributed by atoms with van der Waals surface area (Å²) in [6.45, 7) is 3.74. The number of nitrogens with zero attached hydrogens (tertiary/aromatic N) is 1. The van der Waals surface area contributed by atoms with Crippen LogP contribution in [0.4, 0.5) is 4.39 Å². The largest absolute Gasteiger partial charge is 0.481 e. The molecule has 0 radical (unpaired) electrons. The number of fused-ring (bicyclic) bond motifs is 3. The maximum atomic E-state index is 14.9. The van der Waals surface area contributed by atoms with Crippen LogP contribution in [0.15, 0.2) is 24.3 Å². The van der Waals surface area contributed by atoms with Crippen LogP contribution in [0.1, 0.15) is 54.3 Å². The van der Waals surface area contributed by atoms with Crippen LogP contribution in [0.25, 0.3) is 21.3 Å². The number of carboxylic acid groups (broad SMARTS) is 1. The summed E-state index contributed by atoms with van der Waals surface area (Å²) in [5, 5.41) is 10.3. The first-order valence-electron chi connectivity index (χ1n) is 10.4. The number of aliphatic carboxylic acids is 1. The average molecular weight is 412 g/mol. The summed E-state index contributed by atoms with van der Waals surface area (Å²) >= 11 is 1.76. The summed E-state index contributed by atoms with van der Waals surface area (Å²) in [5.74, 6) is -1.36. The number of pyridine rings is 1. The number of carboxylic acids is 1. The van der Waals surface area contributed by atoms with Gasteiger partial charge in [0.25, 0.3) is 0 Å². The molecule has 1 unspecified atom stereocenters. The van der Waals surface area contributed by atoms with Crippen LogP contribution in [-0.2, 0) is 24.1 Å². The van der Waals surface area contributed by atoms with Crippen molar-refractivity contribution in [2.75, 3.05) is 0 Å². The lowest BCUT2D eigenvalue weighted by Crippen LogP contribution is -2.10. The van der Waals surface area contributed by atoms with Gasteiger partial charge >= 0.3 is 5.97 Å². The second-order valence-electron chi connectivity index (χ2n) is 8.05. The molecule has 1 aliphatic carbocycles. The Hall–Kier alpha value is -2.27. The quantitative estimate of drug-likeness (QED) is 0.515. The summed E-state index contributed by atoms with van der Waals surface area (Å²) < 4.78 is 14.9. The molecule has 0 bridgehead atoms. The van der Waals surface area contributed by atoms with Gasteiger partial charge < -0.3 is 5.11 Å². The fraction of sp³-hybridized carbons (Fsp3) is 0.417. The Morgan fingerprint density at radius 3 is 2.79 bits per heavy atom. The monoisotopic (exact) mass is 411 g/mol. The molecular formula is C24H26FNO2S. The molecule has 1 aromatic carbocycles. The Labute approximate surface area is 174 Å². The smallest absolute Gasteiger partial charge is 0.306 e. The van der Waals surface area contributed by atoms with E-state index in [1.54, 1.807) is 24.3 Å². The number of hydrogen-bond acceptors (Lipinski definition) is 3. The van der Waals surface area contributed by atoms with E-state index in [-0.39, 0.29) is 11.7 Å². The summed E-state index contributed by atoms with van der Waals surface area (Å²) in [4.78, 5) is 18.5. The van der Waals surface area contributed by atoms with Crippen molar-refractivity contribution in [1.29, 1.82) is 0 Å². The Balaban J connectivity index is 1.87. The van der Waals surface area contributed by atoms with Gasteiger partial charge in [0.15, 0.2) is 0 Å². The van der Waals surface area contributed by atoms with Crippen LogP contribution >= 0.6 is 11.3 Å². The predicted octanol–water partition coefficient (Wildman–Crippen LogP) is 6.33. The SMILES string of the molecule is Cc1nc2sc3c(c2c(-c2ccccc2F)c1CCCC(C)C(=O)O)CCCC3. The third-order valence-electron chi connectivity index (χ3n) is 6.04. The molecule has 4 rings (SSSR count). The second kappa shape index (κ2) is 8.23. The van der Waals surface area contributed by atoms with Crippen molar-refractivity contribution in [3.05, 3.63) is 51.8 Å². The van der Waals surface area contributed by atoms with E-state index in [0.29, 0.717) is 18.4 Å². The molecule has 2 heterocycles. The lowest BCUT2D eigenvalue weighted by Gasteiger charge is -2.18. The molecule has 5 heteroatoms. The zero-order chi connectivity index (χ0) is 20.5. The predicted molar refractivity (Wildman–Crippen MR) is 116 cm³/mol. The molecular weight excluding hydrogens is 385 g/mol. The number of thiophene rings is 1. The molecule has 0 aliphatic heterocycles. The van der Waals surface area contributed by atoms with E-state index in [2.05, 4.69) is 0 Å². The van der Waals surface area contributed by atoms with Crippen molar-refractivity contribution in [1.82, 2.24) is 4.98 Å². The number of hydrogen-bond donors (Lipinski definition) is 1. The first kappa shape index (κ1) is 20.0. The van der Waals surface area contributed by atoms with Gasteiger partial charge in [-0.1, -0.05) is 25.1 Å². The molecule has 1 atom stereocenters. The van der Waals surface area contributed by atoms with Crippen molar-refractivity contribution in [3.8, 4) is 11.1 Å². The summed E-state index contributed by atoms with van der Waals surface area (Å²) in [5.41, 5.74) is 4.95. The van der Waals surface area contributed by atoms with Gasteiger partial charge in [-0.2, -0.15) is 0 Å². The van der Waals surface area contributed by atoms with Crippen LogP contribution in [0.2, 0.25) is 0 Å². The molecule has 0 fully saturated rings. The number of halogens is 1. The Bertz CT molecular complexity index is 1070. The highest BCUT2D eigenvalue weighted by molar-refractivity contribution is 7.19. The highest BCUT2D eigenvalue weighted by Crippen LogP contribution is 2.44. The molecule has 0 amide bonds. The molecule has 1 aliphatic rings. The third kappa shape index (κ3) is 3.80. The Morgan fingerprint density at radius 1 is 1.28 bits per heavy atom. The summed E-state index contributed by atoms with van der Waals surface area (Å²) in [6, 6.07) is 6.99. The molecule has 3 aromatic rings. The topological polar surface area (TPSA) is 50.2 Å². The molecule has 0 saturated heterocycles. The highest BCUT2D eigenvalue weighted by Gasteiger charge is 2.24. The van der Waals surface area contributed by atoms with Gasteiger partial charge in [-0.25, -0.2) is 9.37 Å². The molecule has 2 aromatic heterocycles. The second-order valence-corrected chi connectivity index (χ2v) is 9.14. The highest BCUT2D eigenvalue weighted by atomic mass is 32.1. The van der Waals surface area contributed by atoms with Crippen molar-refractivity contribution >= 4 is 27.5 Å². The summed E-state index contributed by atoms with van der Waals surface area (Å²) in [7, 11) is 0. The zero-order valence-corrected chi connectivity index (χ0v) is 17.7. The van der Waals surface area contributed by atoms with E-state index in [0.717, 1.165) is 52.7 Å². The van der Waals surface area contributed by atoms with Crippen LogP contribution in [0, 0.1) is 18.7 Å². The number of aromatic nitrogens is 1. The molecule has 0 saturated carbocycles. The van der Waals surface area contributed by atoms with E-state index in [9.17, 15) is 14.3 Å². The van der Waals surface area contributed by atoms with Gasteiger partial charge in [-0.3, -0.25) is 4.79 Å². The average Bonchev–Trinajstić information content (AvgIpc) is 3.06. The van der Waals surface area contributed by atoms with Crippen LogP contribution in [0.3, 0.4) is 0 Å². The van der Waals surface area contributed by atoms with Crippen molar-refractivity contribution in [2.24, 2.45) is 5.92 Å². The van der Waals surface area contributed by atoms with Crippen molar-refractivity contribution < 1.29 is 14.3 Å². The Morgan fingerprint density at radius 2 is 2.03 bits per heavy atom. The van der Waals surface area contributed by atoms with Gasteiger partial charge in [0.05, 0.1) is 5.92 Å². The number of carbonyl (C=O) groups is 1. The van der Waals surface area contributed by atoms with Crippen LogP contribution in [-0.4, -0.2) is 16.1 Å². The summed E-state index contributed by atoms with van der Waals surface area (Å²) in [6.07, 6.45) is 6.53. The lowest BCUT2D eigenvalue weighted by atomic mass is 9.87. The molecule has 1 N–H and O–H groups in total. The van der Waals surface area contributed by atoms with Crippen LogP contribution < -0.4 is 0 Å². The van der Waals surface area contributed by atoms with Gasteiger partial charge in [-0.05, 0) is 69.1 Å². The fourth-order valence-corrected chi connectivity index (χ4v) is 5.73. The van der Waals surface area contributed by atoms with E-state index >= 15 is 0 Å². The van der Waals surface area contributed by atoms with E-state index in [1.165, 1.54) is 22.9 Å².